The van der Waals surface area contributed by atoms with Crippen molar-refractivity contribution in [3.05, 3.63) is 54.4 Å². The van der Waals surface area contributed by atoms with Gasteiger partial charge in [0.15, 0.2) is 0 Å². The first-order valence-corrected chi connectivity index (χ1v) is 5.71. The quantitative estimate of drug-likeness (QED) is 0.881. The largest absolute Gasteiger partial charge is 0.328 e. The lowest BCUT2D eigenvalue weighted by atomic mass is 9.98. The fourth-order valence-electron chi connectivity index (χ4n) is 1.96. The summed E-state index contributed by atoms with van der Waals surface area (Å²) in [5.41, 5.74) is 7.13. The van der Waals surface area contributed by atoms with Crippen LogP contribution in [-0.2, 0) is 0 Å². The Morgan fingerprint density at radius 2 is 2.06 bits per heavy atom. The molecule has 1 aromatic carbocycles. The zero-order chi connectivity index (χ0) is 12.3. The van der Waals surface area contributed by atoms with Gasteiger partial charge in [-0.25, -0.2) is 9.37 Å². The van der Waals surface area contributed by atoms with Crippen molar-refractivity contribution in [1.82, 2.24) is 9.55 Å². The predicted octanol–water partition coefficient (Wildman–Crippen LogP) is 2.35. The smallest absolute Gasteiger partial charge is 0.123 e. The number of benzene rings is 1. The van der Waals surface area contributed by atoms with Crippen LogP contribution in [0.5, 0.6) is 0 Å². The van der Waals surface area contributed by atoms with Crippen molar-refractivity contribution in [2.75, 3.05) is 0 Å². The second kappa shape index (κ2) is 5.10. The SMILES string of the molecule is CCC(N)C(c1ccc(F)cc1)n1ccnc1. The summed E-state index contributed by atoms with van der Waals surface area (Å²) in [6.07, 6.45) is 6.19. The Kier molecular flexibility index (Phi) is 3.54. The number of aromatic nitrogens is 2. The van der Waals surface area contributed by atoms with Gasteiger partial charge < -0.3 is 10.3 Å². The van der Waals surface area contributed by atoms with Crippen LogP contribution in [0.25, 0.3) is 0 Å². The van der Waals surface area contributed by atoms with Crippen LogP contribution in [0.15, 0.2) is 43.0 Å². The monoisotopic (exact) mass is 233 g/mol. The van der Waals surface area contributed by atoms with Crippen molar-refractivity contribution >= 4 is 0 Å². The van der Waals surface area contributed by atoms with Gasteiger partial charge in [-0.05, 0) is 24.1 Å². The minimum atomic E-state index is -0.233. The lowest BCUT2D eigenvalue weighted by molar-refractivity contribution is 0.457. The van der Waals surface area contributed by atoms with Crippen LogP contribution < -0.4 is 5.73 Å². The summed E-state index contributed by atoms with van der Waals surface area (Å²) in [6, 6.07) is 6.45. The minimum Gasteiger partial charge on any atom is -0.328 e. The summed E-state index contributed by atoms with van der Waals surface area (Å²) in [5, 5.41) is 0. The molecular weight excluding hydrogens is 217 g/mol. The summed E-state index contributed by atoms with van der Waals surface area (Å²) >= 11 is 0. The van der Waals surface area contributed by atoms with E-state index in [9.17, 15) is 4.39 Å². The van der Waals surface area contributed by atoms with Gasteiger partial charge in [0.05, 0.1) is 12.4 Å². The molecule has 0 spiro atoms. The normalized spacial score (nSPS) is 14.5. The van der Waals surface area contributed by atoms with E-state index in [4.69, 9.17) is 5.73 Å². The Bertz CT molecular complexity index is 450. The topological polar surface area (TPSA) is 43.8 Å². The van der Waals surface area contributed by atoms with Crippen molar-refractivity contribution in [2.24, 2.45) is 5.73 Å². The van der Waals surface area contributed by atoms with E-state index in [1.165, 1.54) is 12.1 Å². The molecule has 0 bridgehead atoms. The Morgan fingerprint density at radius 3 is 2.59 bits per heavy atom. The van der Waals surface area contributed by atoms with Gasteiger partial charge in [0.25, 0.3) is 0 Å². The summed E-state index contributed by atoms with van der Waals surface area (Å²) in [7, 11) is 0. The van der Waals surface area contributed by atoms with Crippen molar-refractivity contribution < 1.29 is 4.39 Å². The van der Waals surface area contributed by atoms with Crippen LogP contribution in [0.3, 0.4) is 0 Å². The number of nitrogens with two attached hydrogens (primary N) is 1. The molecule has 2 N–H and O–H groups in total. The summed E-state index contributed by atoms with van der Waals surface area (Å²) in [5.74, 6) is -0.233. The van der Waals surface area contributed by atoms with Crippen molar-refractivity contribution in [3.8, 4) is 0 Å². The predicted molar refractivity (Wildman–Crippen MR) is 65.0 cm³/mol. The number of hydrogen-bond acceptors (Lipinski definition) is 2. The van der Waals surface area contributed by atoms with Gasteiger partial charge in [-0.15, -0.1) is 0 Å². The second-order valence-electron chi connectivity index (χ2n) is 4.08. The molecule has 90 valence electrons. The standard InChI is InChI=1S/C13H16FN3/c1-2-12(15)13(17-8-7-16-9-17)10-3-5-11(14)6-4-10/h3-9,12-13H,2,15H2,1H3. The van der Waals surface area contributed by atoms with E-state index in [1.807, 2.05) is 17.7 Å². The van der Waals surface area contributed by atoms with Crippen LogP contribution in [-0.4, -0.2) is 15.6 Å². The Balaban J connectivity index is 2.37. The third kappa shape index (κ3) is 2.53. The summed E-state index contributed by atoms with van der Waals surface area (Å²) in [6.45, 7) is 2.04. The van der Waals surface area contributed by atoms with Crippen LogP contribution in [0.4, 0.5) is 4.39 Å². The highest BCUT2D eigenvalue weighted by atomic mass is 19.1. The number of halogens is 1. The molecule has 0 radical (unpaired) electrons. The van der Waals surface area contributed by atoms with E-state index in [0.29, 0.717) is 0 Å². The van der Waals surface area contributed by atoms with Crippen LogP contribution in [0.2, 0.25) is 0 Å². The van der Waals surface area contributed by atoms with Gasteiger partial charge in [0.1, 0.15) is 5.82 Å². The highest BCUT2D eigenvalue weighted by molar-refractivity contribution is 5.22. The third-order valence-electron chi connectivity index (χ3n) is 2.93. The summed E-state index contributed by atoms with van der Waals surface area (Å²) < 4.78 is 14.9. The maximum atomic E-state index is 12.9. The molecule has 17 heavy (non-hydrogen) atoms. The van der Waals surface area contributed by atoms with E-state index in [-0.39, 0.29) is 17.9 Å². The molecule has 0 saturated heterocycles. The molecule has 4 heteroatoms. The highest BCUT2D eigenvalue weighted by Crippen LogP contribution is 2.22. The van der Waals surface area contributed by atoms with E-state index < -0.39 is 0 Å². The van der Waals surface area contributed by atoms with E-state index in [1.54, 1.807) is 24.7 Å². The number of hydrogen-bond donors (Lipinski definition) is 1. The molecular formula is C13H16FN3. The highest BCUT2D eigenvalue weighted by Gasteiger charge is 2.19. The van der Waals surface area contributed by atoms with Crippen molar-refractivity contribution in [1.29, 1.82) is 0 Å². The average Bonchev–Trinajstić information content (AvgIpc) is 2.85. The molecule has 1 aromatic heterocycles. The lowest BCUT2D eigenvalue weighted by Crippen LogP contribution is -2.32. The zero-order valence-corrected chi connectivity index (χ0v) is 9.75. The van der Waals surface area contributed by atoms with Crippen molar-refractivity contribution in [3.63, 3.8) is 0 Å². The van der Waals surface area contributed by atoms with Crippen LogP contribution in [0, 0.1) is 5.82 Å². The van der Waals surface area contributed by atoms with E-state index >= 15 is 0 Å². The first kappa shape index (κ1) is 11.8. The fraction of sp³-hybridized carbons (Fsp3) is 0.308. The van der Waals surface area contributed by atoms with Crippen LogP contribution in [0.1, 0.15) is 24.9 Å². The molecule has 0 amide bonds. The maximum absolute atomic E-state index is 12.9. The molecule has 0 saturated carbocycles. The minimum absolute atomic E-state index is 0.00287. The molecule has 3 nitrogen and oxygen atoms in total. The van der Waals surface area contributed by atoms with Gasteiger partial charge >= 0.3 is 0 Å². The molecule has 2 aromatic rings. The van der Waals surface area contributed by atoms with Gasteiger partial charge in [0.2, 0.25) is 0 Å². The van der Waals surface area contributed by atoms with Gasteiger partial charge in [-0.1, -0.05) is 19.1 Å². The molecule has 0 aliphatic carbocycles. The van der Waals surface area contributed by atoms with E-state index in [2.05, 4.69) is 4.98 Å². The Morgan fingerprint density at radius 1 is 1.35 bits per heavy atom. The van der Waals surface area contributed by atoms with Gasteiger partial charge in [-0.3, -0.25) is 0 Å². The van der Waals surface area contributed by atoms with Crippen molar-refractivity contribution in [2.45, 2.75) is 25.4 Å². The van der Waals surface area contributed by atoms with Gasteiger partial charge in [0, 0.05) is 18.4 Å². The second-order valence-corrected chi connectivity index (χ2v) is 4.08. The molecule has 2 unspecified atom stereocenters. The van der Waals surface area contributed by atoms with Gasteiger partial charge in [-0.2, -0.15) is 0 Å². The molecule has 2 rings (SSSR count). The first-order valence-electron chi connectivity index (χ1n) is 5.71. The molecule has 0 aliphatic heterocycles. The Hall–Kier alpha value is -1.68. The number of nitrogens with zero attached hydrogens (tertiary/aromatic N) is 2. The fourth-order valence-corrected chi connectivity index (χ4v) is 1.96. The molecule has 0 fully saturated rings. The zero-order valence-electron chi connectivity index (χ0n) is 9.75. The molecule has 1 heterocycles. The summed E-state index contributed by atoms with van der Waals surface area (Å²) in [4.78, 5) is 4.04. The average molecular weight is 233 g/mol. The maximum Gasteiger partial charge on any atom is 0.123 e. The third-order valence-corrected chi connectivity index (χ3v) is 2.93. The molecule has 0 aliphatic rings. The number of imidazole rings is 1. The van der Waals surface area contributed by atoms with Crippen LogP contribution >= 0.6 is 0 Å². The van der Waals surface area contributed by atoms with E-state index in [0.717, 1.165) is 12.0 Å². The Labute approximate surface area is 100 Å². The first-order chi connectivity index (χ1) is 8.22. The lowest BCUT2D eigenvalue weighted by Gasteiger charge is -2.24. The molecule has 2 atom stereocenters. The number of rotatable bonds is 4.